The van der Waals surface area contributed by atoms with Gasteiger partial charge in [-0.15, -0.1) is 0 Å². The third-order valence-corrected chi connectivity index (χ3v) is 5.23. The standard InChI is InChI=1S/C20H29N3O3/c1-4-26-18-8-6-5-7-17(18)21-9-11-22(12-10-21)20(25)16-13-19(24)23(14-16)15(2)3/h5-8,15-16H,4,9-14H2,1-3H3. The summed E-state index contributed by atoms with van der Waals surface area (Å²) in [6, 6.07) is 8.21. The summed E-state index contributed by atoms with van der Waals surface area (Å²) in [4.78, 5) is 30.9. The average molecular weight is 359 g/mol. The highest BCUT2D eigenvalue weighted by Gasteiger charge is 2.38. The van der Waals surface area contributed by atoms with Crippen molar-refractivity contribution >= 4 is 17.5 Å². The van der Waals surface area contributed by atoms with Crippen LogP contribution in [-0.2, 0) is 9.59 Å². The van der Waals surface area contributed by atoms with Gasteiger partial charge in [0.15, 0.2) is 0 Å². The Morgan fingerprint density at radius 2 is 1.88 bits per heavy atom. The molecule has 1 unspecified atom stereocenters. The molecule has 2 aliphatic rings. The lowest BCUT2D eigenvalue weighted by Crippen LogP contribution is -2.50. The number of rotatable bonds is 5. The third kappa shape index (κ3) is 3.79. The number of nitrogens with zero attached hydrogens (tertiary/aromatic N) is 3. The van der Waals surface area contributed by atoms with Gasteiger partial charge in [-0.1, -0.05) is 12.1 Å². The molecular formula is C20H29N3O3. The number of piperazine rings is 1. The Morgan fingerprint density at radius 1 is 1.19 bits per heavy atom. The zero-order valence-electron chi connectivity index (χ0n) is 16.0. The zero-order valence-corrected chi connectivity index (χ0v) is 16.0. The Morgan fingerprint density at radius 3 is 2.50 bits per heavy atom. The van der Waals surface area contributed by atoms with Crippen LogP contribution in [0.2, 0.25) is 0 Å². The minimum Gasteiger partial charge on any atom is -0.492 e. The summed E-state index contributed by atoms with van der Waals surface area (Å²) in [6.07, 6.45) is 0.352. The van der Waals surface area contributed by atoms with Crippen LogP contribution in [0.1, 0.15) is 27.2 Å². The summed E-state index contributed by atoms with van der Waals surface area (Å²) in [7, 11) is 0. The number of anilines is 1. The lowest BCUT2D eigenvalue weighted by atomic mass is 10.1. The normalized spacial score (nSPS) is 20.8. The van der Waals surface area contributed by atoms with Crippen LogP contribution >= 0.6 is 0 Å². The first-order chi connectivity index (χ1) is 12.5. The molecule has 2 fully saturated rings. The van der Waals surface area contributed by atoms with E-state index in [1.807, 2.05) is 48.8 Å². The summed E-state index contributed by atoms with van der Waals surface area (Å²) in [5.74, 6) is 0.928. The molecule has 0 bridgehead atoms. The van der Waals surface area contributed by atoms with Crippen molar-refractivity contribution in [3.05, 3.63) is 24.3 Å². The number of likely N-dealkylation sites (tertiary alicyclic amines) is 1. The summed E-state index contributed by atoms with van der Waals surface area (Å²) in [5.41, 5.74) is 1.09. The second kappa shape index (κ2) is 7.98. The first kappa shape index (κ1) is 18.5. The topological polar surface area (TPSA) is 53.1 Å². The predicted octanol–water partition coefficient (Wildman–Crippen LogP) is 1.99. The van der Waals surface area contributed by atoms with Gasteiger partial charge < -0.3 is 19.4 Å². The molecule has 0 saturated carbocycles. The molecule has 142 valence electrons. The number of carbonyl (C=O) groups excluding carboxylic acids is 2. The highest BCUT2D eigenvalue weighted by atomic mass is 16.5. The monoisotopic (exact) mass is 359 g/mol. The minimum atomic E-state index is -0.188. The maximum atomic E-state index is 12.8. The third-order valence-electron chi connectivity index (χ3n) is 5.23. The Balaban J connectivity index is 1.59. The van der Waals surface area contributed by atoms with Crippen LogP contribution in [0.15, 0.2) is 24.3 Å². The molecule has 0 radical (unpaired) electrons. The summed E-state index contributed by atoms with van der Waals surface area (Å²) in [6.45, 7) is 10.1. The summed E-state index contributed by atoms with van der Waals surface area (Å²) >= 11 is 0. The fraction of sp³-hybridized carbons (Fsp3) is 0.600. The van der Waals surface area contributed by atoms with Gasteiger partial charge in [0.2, 0.25) is 11.8 Å². The van der Waals surface area contributed by atoms with Crippen LogP contribution in [0.3, 0.4) is 0 Å². The molecular weight excluding hydrogens is 330 g/mol. The zero-order chi connectivity index (χ0) is 18.7. The van der Waals surface area contributed by atoms with Crippen LogP contribution < -0.4 is 9.64 Å². The molecule has 1 aromatic rings. The molecule has 0 spiro atoms. The van der Waals surface area contributed by atoms with Gasteiger partial charge >= 0.3 is 0 Å². The molecule has 1 aromatic carbocycles. The van der Waals surface area contributed by atoms with E-state index in [2.05, 4.69) is 11.0 Å². The van der Waals surface area contributed by atoms with E-state index in [1.165, 1.54) is 0 Å². The first-order valence-electron chi connectivity index (χ1n) is 9.56. The van der Waals surface area contributed by atoms with Crippen molar-refractivity contribution in [2.24, 2.45) is 5.92 Å². The Labute approximate surface area is 155 Å². The van der Waals surface area contributed by atoms with E-state index in [1.54, 1.807) is 0 Å². The van der Waals surface area contributed by atoms with Gasteiger partial charge in [0, 0.05) is 45.2 Å². The second-order valence-electron chi connectivity index (χ2n) is 7.25. The number of amides is 2. The van der Waals surface area contributed by atoms with Crippen molar-refractivity contribution in [2.75, 3.05) is 44.2 Å². The summed E-state index contributed by atoms with van der Waals surface area (Å²) in [5, 5.41) is 0. The van der Waals surface area contributed by atoms with E-state index in [9.17, 15) is 9.59 Å². The van der Waals surface area contributed by atoms with Crippen LogP contribution in [0.5, 0.6) is 5.75 Å². The predicted molar refractivity (Wildman–Crippen MR) is 101 cm³/mol. The average Bonchev–Trinajstić information content (AvgIpc) is 3.04. The van der Waals surface area contributed by atoms with Gasteiger partial charge in [0.1, 0.15) is 5.75 Å². The van der Waals surface area contributed by atoms with Crippen LogP contribution in [0.25, 0.3) is 0 Å². The van der Waals surface area contributed by atoms with Gasteiger partial charge in [0.05, 0.1) is 18.2 Å². The van der Waals surface area contributed by atoms with Gasteiger partial charge in [-0.25, -0.2) is 0 Å². The molecule has 2 heterocycles. The molecule has 6 heteroatoms. The smallest absolute Gasteiger partial charge is 0.228 e. The van der Waals surface area contributed by atoms with E-state index in [4.69, 9.17) is 4.74 Å². The first-order valence-corrected chi connectivity index (χ1v) is 9.56. The molecule has 2 amide bonds. The van der Waals surface area contributed by atoms with E-state index in [0.717, 1.165) is 24.5 Å². The number of para-hydroxylation sites is 2. The number of ether oxygens (including phenoxy) is 1. The Bertz CT molecular complexity index is 653. The highest BCUT2D eigenvalue weighted by Crippen LogP contribution is 2.29. The Hall–Kier alpha value is -2.24. The second-order valence-corrected chi connectivity index (χ2v) is 7.25. The Kier molecular flexibility index (Phi) is 5.69. The van der Waals surface area contributed by atoms with Crippen molar-refractivity contribution in [3.8, 4) is 5.75 Å². The maximum Gasteiger partial charge on any atom is 0.228 e. The number of benzene rings is 1. The summed E-state index contributed by atoms with van der Waals surface area (Å²) < 4.78 is 5.73. The fourth-order valence-corrected chi connectivity index (χ4v) is 3.82. The van der Waals surface area contributed by atoms with Crippen molar-refractivity contribution in [3.63, 3.8) is 0 Å². The lowest BCUT2D eigenvalue weighted by Gasteiger charge is -2.37. The highest BCUT2D eigenvalue weighted by molar-refractivity contribution is 5.89. The molecule has 3 rings (SSSR count). The number of hydrogen-bond acceptors (Lipinski definition) is 4. The van der Waals surface area contributed by atoms with Crippen LogP contribution in [-0.4, -0.2) is 67.0 Å². The molecule has 2 saturated heterocycles. The molecule has 2 aliphatic heterocycles. The SMILES string of the molecule is CCOc1ccccc1N1CCN(C(=O)C2CC(=O)N(C(C)C)C2)CC1. The quantitative estimate of drug-likeness (QED) is 0.807. The fourth-order valence-electron chi connectivity index (χ4n) is 3.82. The van der Waals surface area contributed by atoms with Crippen molar-refractivity contribution in [1.82, 2.24) is 9.80 Å². The number of carbonyl (C=O) groups is 2. The molecule has 6 nitrogen and oxygen atoms in total. The minimum absolute atomic E-state index is 0.0997. The molecule has 26 heavy (non-hydrogen) atoms. The van der Waals surface area contributed by atoms with Gasteiger partial charge in [-0.3, -0.25) is 9.59 Å². The van der Waals surface area contributed by atoms with Gasteiger partial charge in [0.25, 0.3) is 0 Å². The van der Waals surface area contributed by atoms with E-state index < -0.39 is 0 Å². The van der Waals surface area contributed by atoms with Crippen LogP contribution in [0, 0.1) is 5.92 Å². The van der Waals surface area contributed by atoms with Crippen molar-refractivity contribution < 1.29 is 14.3 Å². The molecule has 0 aliphatic carbocycles. The maximum absolute atomic E-state index is 12.8. The van der Waals surface area contributed by atoms with E-state index in [0.29, 0.717) is 32.7 Å². The van der Waals surface area contributed by atoms with E-state index >= 15 is 0 Å². The van der Waals surface area contributed by atoms with Gasteiger partial charge in [-0.05, 0) is 32.9 Å². The molecule has 0 aromatic heterocycles. The lowest BCUT2D eigenvalue weighted by molar-refractivity contribution is -0.136. The van der Waals surface area contributed by atoms with Crippen molar-refractivity contribution in [1.29, 1.82) is 0 Å². The largest absolute Gasteiger partial charge is 0.492 e. The number of hydrogen-bond donors (Lipinski definition) is 0. The molecule has 0 N–H and O–H groups in total. The molecule has 1 atom stereocenters. The van der Waals surface area contributed by atoms with Crippen molar-refractivity contribution in [2.45, 2.75) is 33.2 Å². The van der Waals surface area contributed by atoms with Gasteiger partial charge in [-0.2, -0.15) is 0 Å². The van der Waals surface area contributed by atoms with E-state index in [-0.39, 0.29) is 23.8 Å². The van der Waals surface area contributed by atoms with Crippen LogP contribution in [0.4, 0.5) is 5.69 Å².